The highest BCUT2D eigenvalue weighted by atomic mass is 15.3. The predicted octanol–water partition coefficient (Wildman–Crippen LogP) is 1.44. The number of nitrogens with zero attached hydrogens (tertiary/aromatic N) is 3. The molecule has 16 heavy (non-hydrogen) atoms. The average molecular weight is 216 g/mol. The number of hydrogen-bond donors (Lipinski definition) is 1. The maximum atomic E-state index is 4.12. The lowest BCUT2D eigenvalue weighted by atomic mass is 10.1. The number of rotatable bonds is 5. The summed E-state index contributed by atoms with van der Waals surface area (Å²) >= 11 is 0. The molecule has 0 radical (unpaired) electrons. The Labute approximate surface area is 95.3 Å². The highest BCUT2D eigenvalue weighted by Crippen LogP contribution is 2.09. The minimum absolute atomic E-state index is 0.779. The van der Waals surface area contributed by atoms with Crippen LogP contribution in [0.4, 0.5) is 0 Å². The minimum Gasteiger partial charge on any atom is -0.313 e. The van der Waals surface area contributed by atoms with E-state index in [1.54, 1.807) is 12.7 Å². The van der Waals surface area contributed by atoms with E-state index in [4.69, 9.17) is 0 Å². The largest absolute Gasteiger partial charge is 0.313 e. The van der Waals surface area contributed by atoms with Crippen molar-refractivity contribution in [2.24, 2.45) is 0 Å². The Hall–Kier alpha value is -1.68. The van der Waals surface area contributed by atoms with Crippen LogP contribution in [0.1, 0.15) is 18.1 Å². The lowest BCUT2D eigenvalue weighted by molar-refractivity contribution is 0.664. The fourth-order valence-corrected chi connectivity index (χ4v) is 1.63. The topological polar surface area (TPSA) is 42.7 Å². The van der Waals surface area contributed by atoms with Crippen LogP contribution in [-0.2, 0) is 13.1 Å². The summed E-state index contributed by atoms with van der Waals surface area (Å²) in [6.07, 6.45) is 3.30. The molecule has 2 rings (SSSR count). The van der Waals surface area contributed by atoms with Gasteiger partial charge in [0.15, 0.2) is 0 Å². The fourth-order valence-electron chi connectivity index (χ4n) is 1.63. The van der Waals surface area contributed by atoms with Crippen molar-refractivity contribution >= 4 is 0 Å². The van der Waals surface area contributed by atoms with Crippen LogP contribution < -0.4 is 5.32 Å². The first kappa shape index (κ1) is 10.8. The van der Waals surface area contributed by atoms with Gasteiger partial charge in [-0.25, -0.2) is 9.67 Å². The summed E-state index contributed by atoms with van der Waals surface area (Å²) in [4.78, 5) is 3.95. The zero-order chi connectivity index (χ0) is 11.2. The normalized spacial score (nSPS) is 10.6. The third-order valence-corrected chi connectivity index (χ3v) is 2.48. The molecular weight excluding hydrogens is 200 g/mol. The van der Waals surface area contributed by atoms with Crippen LogP contribution in [0.3, 0.4) is 0 Å². The van der Waals surface area contributed by atoms with Crippen LogP contribution in [0.15, 0.2) is 36.9 Å². The number of benzene rings is 1. The van der Waals surface area contributed by atoms with Gasteiger partial charge in [-0.1, -0.05) is 31.2 Å². The van der Waals surface area contributed by atoms with Crippen molar-refractivity contribution in [3.63, 3.8) is 0 Å². The summed E-state index contributed by atoms with van der Waals surface area (Å²) < 4.78 is 1.84. The SMILES string of the molecule is CCNCc1ccccc1Cn1cncn1. The Morgan fingerprint density at radius 1 is 1.25 bits per heavy atom. The van der Waals surface area contributed by atoms with Crippen molar-refractivity contribution in [3.8, 4) is 0 Å². The molecule has 0 aliphatic rings. The first-order valence-corrected chi connectivity index (χ1v) is 5.50. The summed E-state index contributed by atoms with van der Waals surface area (Å²) in [5, 5.41) is 7.46. The minimum atomic E-state index is 0.779. The molecule has 0 saturated carbocycles. The summed E-state index contributed by atoms with van der Waals surface area (Å²) in [6.45, 7) is 4.78. The van der Waals surface area contributed by atoms with Gasteiger partial charge in [0.2, 0.25) is 0 Å². The van der Waals surface area contributed by atoms with Crippen LogP contribution >= 0.6 is 0 Å². The standard InChI is InChI=1S/C12H16N4/c1-2-13-7-11-5-3-4-6-12(11)8-16-10-14-9-15-16/h3-6,9-10,13H,2,7-8H2,1H3. The van der Waals surface area contributed by atoms with E-state index in [-0.39, 0.29) is 0 Å². The molecule has 0 saturated heterocycles. The molecular formula is C12H16N4. The van der Waals surface area contributed by atoms with Crippen LogP contribution in [-0.4, -0.2) is 21.3 Å². The van der Waals surface area contributed by atoms with E-state index in [1.165, 1.54) is 11.1 Å². The van der Waals surface area contributed by atoms with Gasteiger partial charge in [0.05, 0.1) is 6.54 Å². The number of aromatic nitrogens is 3. The smallest absolute Gasteiger partial charge is 0.137 e. The Bertz CT molecular complexity index is 422. The zero-order valence-corrected chi connectivity index (χ0v) is 9.43. The van der Waals surface area contributed by atoms with E-state index in [0.717, 1.165) is 19.6 Å². The molecule has 1 aromatic heterocycles. The van der Waals surface area contributed by atoms with Gasteiger partial charge in [-0.3, -0.25) is 0 Å². The lowest BCUT2D eigenvalue weighted by Gasteiger charge is -2.09. The zero-order valence-electron chi connectivity index (χ0n) is 9.43. The average Bonchev–Trinajstić information content (AvgIpc) is 2.81. The molecule has 0 unspecified atom stereocenters. The van der Waals surface area contributed by atoms with Crippen molar-refractivity contribution < 1.29 is 0 Å². The van der Waals surface area contributed by atoms with E-state index >= 15 is 0 Å². The maximum Gasteiger partial charge on any atom is 0.137 e. The molecule has 0 aliphatic carbocycles. The second kappa shape index (κ2) is 5.42. The molecule has 0 atom stereocenters. The van der Waals surface area contributed by atoms with Gasteiger partial charge < -0.3 is 5.32 Å². The second-order valence-electron chi connectivity index (χ2n) is 3.64. The lowest BCUT2D eigenvalue weighted by Crippen LogP contribution is -2.14. The van der Waals surface area contributed by atoms with Gasteiger partial charge in [0, 0.05) is 6.54 Å². The van der Waals surface area contributed by atoms with Crippen LogP contribution in [0.25, 0.3) is 0 Å². The Morgan fingerprint density at radius 2 is 2.06 bits per heavy atom. The molecule has 1 heterocycles. The van der Waals surface area contributed by atoms with Gasteiger partial charge in [0.25, 0.3) is 0 Å². The molecule has 4 nitrogen and oxygen atoms in total. The molecule has 0 bridgehead atoms. The third kappa shape index (κ3) is 2.67. The van der Waals surface area contributed by atoms with Gasteiger partial charge >= 0.3 is 0 Å². The monoisotopic (exact) mass is 216 g/mol. The summed E-state index contributed by atoms with van der Waals surface area (Å²) in [5.74, 6) is 0. The molecule has 0 spiro atoms. The predicted molar refractivity (Wildman–Crippen MR) is 62.9 cm³/mol. The van der Waals surface area contributed by atoms with E-state index in [0.29, 0.717) is 0 Å². The van der Waals surface area contributed by atoms with Crippen LogP contribution in [0.5, 0.6) is 0 Å². The van der Waals surface area contributed by atoms with E-state index in [1.807, 2.05) is 4.68 Å². The van der Waals surface area contributed by atoms with E-state index in [2.05, 4.69) is 46.6 Å². The summed E-state index contributed by atoms with van der Waals surface area (Å²) in [5.41, 5.74) is 2.61. The Balaban J connectivity index is 2.13. The molecule has 0 amide bonds. The molecule has 2 aromatic rings. The number of nitrogens with one attached hydrogen (secondary N) is 1. The van der Waals surface area contributed by atoms with Crippen molar-refractivity contribution in [2.45, 2.75) is 20.0 Å². The molecule has 1 N–H and O–H groups in total. The summed E-state index contributed by atoms with van der Waals surface area (Å²) in [7, 11) is 0. The van der Waals surface area contributed by atoms with Crippen molar-refractivity contribution in [3.05, 3.63) is 48.0 Å². The van der Waals surface area contributed by atoms with Crippen molar-refractivity contribution in [2.75, 3.05) is 6.54 Å². The Kier molecular flexibility index (Phi) is 3.66. The Morgan fingerprint density at radius 3 is 2.75 bits per heavy atom. The highest BCUT2D eigenvalue weighted by molar-refractivity contribution is 5.27. The van der Waals surface area contributed by atoms with E-state index in [9.17, 15) is 0 Å². The quantitative estimate of drug-likeness (QED) is 0.822. The van der Waals surface area contributed by atoms with E-state index < -0.39 is 0 Å². The third-order valence-electron chi connectivity index (χ3n) is 2.48. The van der Waals surface area contributed by atoms with Gasteiger partial charge in [-0.15, -0.1) is 0 Å². The maximum absolute atomic E-state index is 4.12. The molecule has 0 aliphatic heterocycles. The van der Waals surface area contributed by atoms with Crippen molar-refractivity contribution in [1.82, 2.24) is 20.1 Å². The molecule has 84 valence electrons. The van der Waals surface area contributed by atoms with Crippen LogP contribution in [0, 0.1) is 0 Å². The van der Waals surface area contributed by atoms with Gasteiger partial charge in [-0.05, 0) is 17.7 Å². The molecule has 0 fully saturated rings. The van der Waals surface area contributed by atoms with Crippen LogP contribution in [0.2, 0.25) is 0 Å². The fraction of sp³-hybridized carbons (Fsp3) is 0.333. The molecule has 4 heteroatoms. The second-order valence-corrected chi connectivity index (χ2v) is 3.64. The number of hydrogen-bond acceptors (Lipinski definition) is 3. The van der Waals surface area contributed by atoms with Crippen molar-refractivity contribution in [1.29, 1.82) is 0 Å². The molecule has 1 aromatic carbocycles. The van der Waals surface area contributed by atoms with Gasteiger partial charge in [-0.2, -0.15) is 5.10 Å². The van der Waals surface area contributed by atoms with Gasteiger partial charge in [0.1, 0.15) is 12.7 Å². The summed E-state index contributed by atoms with van der Waals surface area (Å²) in [6, 6.07) is 8.41. The first-order valence-electron chi connectivity index (χ1n) is 5.50. The first-order chi connectivity index (χ1) is 7.90. The highest BCUT2D eigenvalue weighted by Gasteiger charge is 2.02.